The Morgan fingerprint density at radius 3 is 2.80 bits per heavy atom. The van der Waals surface area contributed by atoms with Gasteiger partial charge < -0.3 is 15.6 Å². The summed E-state index contributed by atoms with van der Waals surface area (Å²) >= 11 is 6.10. The van der Waals surface area contributed by atoms with Crippen LogP contribution in [0.1, 0.15) is 12.8 Å². The van der Waals surface area contributed by atoms with E-state index in [9.17, 15) is 4.39 Å². The lowest BCUT2D eigenvalue weighted by molar-refractivity contribution is -0.00535. The van der Waals surface area contributed by atoms with E-state index in [0.717, 1.165) is 19.4 Å². The number of hydrogen-bond acceptors (Lipinski definition) is 5. The lowest BCUT2D eigenvalue weighted by Gasteiger charge is -2.15. The standard InChI is InChI=1S/C12H8ClFN4.C5H10O2/c13-8-4-2-1-3-7(8)10-5-9(14)11-6-16-12(15)17-18(10)11;6-5-2-1-3-7-4-5/h1-6H,(H2,15,17);5-6H,1-4H2. The fourth-order valence-electron chi connectivity index (χ4n) is 2.55. The van der Waals surface area contributed by atoms with Crippen molar-refractivity contribution in [3.05, 3.63) is 47.4 Å². The van der Waals surface area contributed by atoms with Gasteiger partial charge in [0.15, 0.2) is 5.82 Å². The van der Waals surface area contributed by atoms with Crippen molar-refractivity contribution in [1.29, 1.82) is 0 Å². The maximum atomic E-state index is 13.8. The van der Waals surface area contributed by atoms with Gasteiger partial charge in [-0.1, -0.05) is 29.8 Å². The van der Waals surface area contributed by atoms with Gasteiger partial charge >= 0.3 is 0 Å². The number of nitrogens with zero attached hydrogens (tertiary/aromatic N) is 3. The number of fused-ring (bicyclic) bond motifs is 1. The molecule has 1 fully saturated rings. The first-order chi connectivity index (χ1) is 12.1. The zero-order valence-corrected chi connectivity index (χ0v) is 14.2. The third-order valence-corrected chi connectivity index (χ3v) is 4.10. The summed E-state index contributed by atoms with van der Waals surface area (Å²) in [7, 11) is 0. The van der Waals surface area contributed by atoms with Gasteiger partial charge in [0.1, 0.15) is 5.52 Å². The zero-order chi connectivity index (χ0) is 17.8. The van der Waals surface area contributed by atoms with Crippen LogP contribution < -0.4 is 5.73 Å². The predicted octanol–water partition coefficient (Wildman–Crippen LogP) is 2.93. The molecule has 0 aliphatic carbocycles. The molecule has 6 nitrogen and oxygen atoms in total. The lowest BCUT2D eigenvalue weighted by Crippen LogP contribution is -2.21. The number of ether oxygens (including phenoxy) is 1. The van der Waals surface area contributed by atoms with E-state index in [4.69, 9.17) is 27.2 Å². The van der Waals surface area contributed by atoms with Crippen LogP contribution in [0.5, 0.6) is 0 Å². The van der Waals surface area contributed by atoms with Gasteiger partial charge in [0, 0.05) is 23.3 Å². The third-order valence-electron chi connectivity index (χ3n) is 3.77. The molecule has 3 N–H and O–H groups in total. The average molecular weight is 365 g/mol. The van der Waals surface area contributed by atoms with Gasteiger partial charge in [-0.3, -0.25) is 0 Å². The number of rotatable bonds is 1. The van der Waals surface area contributed by atoms with E-state index in [0.29, 0.717) is 22.9 Å². The molecule has 0 bridgehead atoms. The Morgan fingerprint density at radius 2 is 2.16 bits per heavy atom. The van der Waals surface area contributed by atoms with Gasteiger partial charge in [-0.2, -0.15) is 0 Å². The Balaban J connectivity index is 0.000000219. The van der Waals surface area contributed by atoms with Crippen molar-refractivity contribution in [2.75, 3.05) is 18.9 Å². The summed E-state index contributed by atoms with van der Waals surface area (Å²) in [5, 5.41) is 13.3. The van der Waals surface area contributed by atoms with Gasteiger partial charge in [0.25, 0.3) is 0 Å². The highest BCUT2D eigenvalue weighted by atomic mass is 35.5. The highest BCUT2D eigenvalue weighted by Crippen LogP contribution is 2.30. The van der Waals surface area contributed by atoms with Crippen molar-refractivity contribution in [3.8, 4) is 11.3 Å². The minimum Gasteiger partial charge on any atom is -0.391 e. The number of nitrogen functional groups attached to an aromatic ring is 1. The van der Waals surface area contributed by atoms with E-state index in [1.165, 1.54) is 16.8 Å². The Bertz CT molecular complexity index is 865. The Morgan fingerprint density at radius 1 is 1.36 bits per heavy atom. The van der Waals surface area contributed by atoms with Crippen molar-refractivity contribution in [3.63, 3.8) is 0 Å². The van der Waals surface area contributed by atoms with Crippen molar-refractivity contribution in [2.24, 2.45) is 0 Å². The Hall–Kier alpha value is -2.22. The SMILES string of the molecule is Nc1ncc2c(F)cc(-c3ccccc3Cl)n2n1.OC1CCCOC1. The van der Waals surface area contributed by atoms with Gasteiger partial charge in [-0.25, -0.2) is 13.9 Å². The number of hydrogen-bond donors (Lipinski definition) is 2. The Labute approximate surface area is 149 Å². The van der Waals surface area contributed by atoms with Gasteiger partial charge in [0.05, 0.1) is 24.6 Å². The summed E-state index contributed by atoms with van der Waals surface area (Å²) in [5.74, 6) is -0.337. The highest BCUT2D eigenvalue weighted by Gasteiger charge is 2.14. The minimum absolute atomic E-state index is 0.0754. The number of nitrogens with two attached hydrogens (primary N) is 1. The molecule has 1 atom stereocenters. The summed E-state index contributed by atoms with van der Waals surface area (Å²) in [6.07, 6.45) is 3.09. The fourth-order valence-corrected chi connectivity index (χ4v) is 2.78. The van der Waals surface area contributed by atoms with Crippen molar-refractivity contribution >= 4 is 23.1 Å². The quantitative estimate of drug-likeness (QED) is 0.693. The first-order valence-corrected chi connectivity index (χ1v) is 8.24. The molecule has 1 aliphatic rings. The molecule has 2 aromatic heterocycles. The number of halogens is 2. The second kappa shape index (κ2) is 7.77. The molecule has 1 aliphatic heterocycles. The molecule has 0 radical (unpaired) electrons. The highest BCUT2D eigenvalue weighted by molar-refractivity contribution is 6.33. The summed E-state index contributed by atoms with van der Waals surface area (Å²) < 4.78 is 20.1. The number of benzene rings is 1. The molecular weight excluding hydrogens is 347 g/mol. The molecule has 0 amide bonds. The van der Waals surface area contributed by atoms with Crippen LogP contribution in [0.15, 0.2) is 36.5 Å². The molecule has 4 rings (SSSR count). The fraction of sp³-hybridized carbons (Fsp3) is 0.294. The van der Waals surface area contributed by atoms with Crippen LogP contribution in [0, 0.1) is 5.82 Å². The summed E-state index contributed by atoms with van der Waals surface area (Å²) in [6.45, 7) is 1.37. The molecule has 0 spiro atoms. The first-order valence-electron chi connectivity index (χ1n) is 7.86. The first kappa shape index (κ1) is 17.6. The monoisotopic (exact) mass is 364 g/mol. The van der Waals surface area contributed by atoms with Crippen molar-refractivity contribution in [1.82, 2.24) is 14.6 Å². The van der Waals surface area contributed by atoms with Gasteiger partial charge in [-0.15, -0.1) is 5.10 Å². The lowest BCUT2D eigenvalue weighted by atomic mass is 10.1. The zero-order valence-electron chi connectivity index (χ0n) is 13.4. The summed E-state index contributed by atoms with van der Waals surface area (Å²) in [4.78, 5) is 3.77. The Kier molecular flexibility index (Phi) is 5.47. The maximum absolute atomic E-state index is 13.8. The smallest absolute Gasteiger partial charge is 0.238 e. The van der Waals surface area contributed by atoms with Crippen molar-refractivity contribution < 1.29 is 14.2 Å². The van der Waals surface area contributed by atoms with Crippen LogP contribution in [0.3, 0.4) is 0 Å². The molecule has 1 unspecified atom stereocenters. The van der Waals surface area contributed by atoms with E-state index >= 15 is 0 Å². The summed E-state index contributed by atoms with van der Waals surface area (Å²) in [6, 6.07) is 8.52. The largest absolute Gasteiger partial charge is 0.391 e. The second-order valence-electron chi connectivity index (χ2n) is 5.64. The van der Waals surface area contributed by atoms with Gasteiger partial charge in [-0.05, 0) is 18.9 Å². The van der Waals surface area contributed by atoms with E-state index in [1.54, 1.807) is 18.2 Å². The molecular formula is C17H18ClFN4O2. The number of aliphatic hydroxyl groups is 1. The van der Waals surface area contributed by atoms with E-state index in [1.807, 2.05) is 6.07 Å². The number of aliphatic hydroxyl groups excluding tert-OH is 1. The summed E-state index contributed by atoms with van der Waals surface area (Å²) in [5.41, 5.74) is 7.02. The topological polar surface area (TPSA) is 85.7 Å². The molecule has 0 saturated carbocycles. The van der Waals surface area contributed by atoms with Gasteiger partial charge in [0.2, 0.25) is 5.95 Å². The average Bonchev–Trinajstić information content (AvgIpc) is 2.92. The number of aromatic nitrogens is 3. The maximum Gasteiger partial charge on any atom is 0.238 e. The molecule has 25 heavy (non-hydrogen) atoms. The predicted molar refractivity (Wildman–Crippen MR) is 93.9 cm³/mol. The number of anilines is 1. The molecule has 3 aromatic rings. The third kappa shape index (κ3) is 4.07. The molecule has 1 aromatic carbocycles. The van der Waals surface area contributed by atoms with Crippen LogP contribution >= 0.6 is 11.6 Å². The normalized spacial score (nSPS) is 17.2. The van der Waals surface area contributed by atoms with Crippen LogP contribution in [-0.4, -0.2) is 39.0 Å². The molecule has 8 heteroatoms. The second-order valence-corrected chi connectivity index (χ2v) is 6.05. The molecule has 1 saturated heterocycles. The minimum atomic E-state index is -0.412. The van der Waals surface area contributed by atoms with Crippen LogP contribution in [0.2, 0.25) is 5.02 Å². The van der Waals surface area contributed by atoms with Crippen molar-refractivity contribution in [2.45, 2.75) is 18.9 Å². The van der Waals surface area contributed by atoms with E-state index in [-0.39, 0.29) is 17.6 Å². The molecule has 132 valence electrons. The van der Waals surface area contributed by atoms with Crippen LogP contribution in [0.25, 0.3) is 16.8 Å². The van der Waals surface area contributed by atoms with E-state index in [2.05, 4.69) is 10.1 Å². The van der Waals surface area contributed by atoms with Crippen LogP contribution in [0.4, 0.5) is 10.3 Å². The van der Waals surface area contributed by atoms with Crippen LogP contribution in [-0.2, 0) is 4.74 Å². The molecule has 3 heterocycles. The van der Waals surface area contributed by atoms with E-state index < -0.39 is 5.82 Å².